The van der Waals surface area contributed by atoms with Crippen molar-refractivity contribution in [3.63, 3.8) is 0 Å². The van der Waals surface area contributed by atoms with Crippen LogP contribution in [0.4, 0.5) is 0 Å². The summed E-state index contributed by atoms with van der Waals surface area (Å²) < 4.78 is 15.8. The van der Waals surface area contributed by atoms with Crippen molar-refractivity contribution in [2.24, 2.45) is 4.99 Å². The number of hydrogen-bond acceptors (Lipinski definition) is 4. The monoisotopic (exact) mass is 840 g/mol. The SMILES string of the molecule is Cc1cc(Oc2[c-]c(C3=N[C@]4(C)CCCc5ccccc5[C@]4(C)O3)c(C)cc2C)[c-]c(-n2c3ccc(C(C)(C)C)cc3c3cccnc32)c1.[Pt+2]. The number of aromatic nitrogens is 2. The maximum atomic E-state index is 6.92. The molecule has 3 heterocycles. The number of benzene rings is 4. The van der Waals surface area contributed by atoms with E-state index in [1.807, 2.05) is 18.3 Å². The maximum absolute atomic E-state index is 6.92. The van der Waals surface area contributed by atoms with E-state index in [1.54, 1.807) is 0 Å². The smallest absolute Gasteiger partial charge is 0.508 e. The van der Waals surface area contributed by atoms with Crippen LogP contribution >= 0.6 is 0 Å². The molecule has 1 aliphatic carbocycles. The van der Waals surface area contributed by atoms with Gasteiger partial charge in [0.15, 0.2) is 0 Å². The summed E-state index contributed by atoms with van der Waals surface area (Å²) in [6.07, 6.45) is 4.92. The molecule has 0 N–H and O–H groups in total. The average molecular weight is 841 g/mol. The molecule has 2 atom stereocenters. The van der Waals surface area contributed by atoms with Gasteiger partial charge in [-0.3, -0.25) is 4.99 Å². The number of aliphatic imine (C=N–C) groups is 1. The molecule has 0 spiro atoms. The molecule has 6 heteroatoms. The van der Waals surface area contributed by atoms with Crippen LogP contribution in [0.1, 0.15) is 86.4 Å². The summed E-state index contributed by atoms with van der Waals surface area (Å²) in [5, 5.41) is 2.30. The average Bonchev–Trinajstić information content (AvgIpc) is 3.49. The fourth-order valence-electron chi connectivity index (χ4n) is 7.84. The van der Waals surface area contributed by atoms with Gasteiger partial charge in [-0.05, 0) is 79.5 Å². The number of nitrogens with zero attached hydrogens (tertiary/aromatic N) is 3. The second kappa shape index (κ2) is 12.2. The Morgan fingerprint density at radius 2 is 1.68 bits per heavy atom. The molecule has 0 bridgehead atoms. The maximum Gasteiger partial charge on any atom is 2.00 e. The third kappa shape index (κ3) is 5.49. The molecular weight excluding hydrogens is 798 g/mol. The number of ether oxygens (including phenoxy) is 2. The first-order chi connectivity index (χ1) is 23.3. The summed E-state index contributed by atoms with van der Waals surface area (Å²) >= 11 is 0. The molecule has 0 saturated carbocycles. The van der Waals surface area contributed by atoms with Crippen LogP contribution in [0.15, 0.2) is 84.0 Å². The number of rotatable bonds is 4. The zero-order valence-electron chi connectivity index (χ0n) is 30.1. The van der Waals surface area contributed by atoms with Gasteiger partial charge in [0.05, 0.1) is 11.1 Å². The van der Waals surface area contributed by atoms with Crippen molar-refractivity contribution >= 4 is 27.8 Å². The van der Waals surface area contributed by atoms with Crippen LogP contribution in [-0.2, 0) is 43.2 Å². The molecule has 6 aromatic rings. The van der Waals surface area contributed by atoms with Gasteiger partial charge in [-0.15, -0.1) is 29.8 Å². The van der Waals surface area contributed by atoms with Crippen LogP contribution < -0.4 is 4.74 Å². The molecule has 5 nitrogen and oxygen atoms in total. The van der Waals surface area contributed by atoms with Crippen LogP contribution in [-0.4, -0.2) is 21.0 Å². The van der Waals surface area contributed by atoms with Gasteiger partial charge < -0.3 is 14.0 Å². The topological polar surface area (TPSA) is 48.6 Å². The minimum absolute atomic E-state index is 0. The van der Waals surface area contributed by atoms with E-state index in [0.717, 1.165) is 63.8 Å². The van der Waals surface area contributed by atoms with E-state index in [4.69, 9.17) is 19.5 Å². The van der Waals surface area contributed by atoms with Crippen molar-refractivity contribution in [2.45, 2.75) is 91.2 Å². The molecule has 8 rings (SSSR count). The zero-order valence-corrected chi connectivity index (χ0v) is 32.4. The minimum Gasteiger partial charge on any atom is -0.508 e. The number of aryl methyl sites for hydroxylation is 4. The Balaban J connectivity index is 0.00000392. The van der Waals surface area contributed by atoms with Crippen molar-refractivity contribution in [3.05, 3.63) is 130 Å². The Labute approximate surface area is 310 Å². The fourth-order valence-corrected chi connectivity index (χ4v) is 7.84. The van der Waals surface area contributed by atoms with Crippen molar-refractivity contribution in [3.8, 4) is 17.2 Å². The summed E-state index contributed by atoms with van der Waals surface area (Å²) in [6, 6.07) is 33.0. The zero-order chi connectivity index (χ0) is 34.3. The van der Waals surface area contributed by atoms with E-state index in [0.29, 0.717) is 17.4 Å². The predicted molar refractivity (Wildman–Crippen MR) is 198 cm³/mol. The summed E-state index contributed by atoms with van der Waals surface area (Å²) in [4.78, 5) is 10.2. The van der Waals surface area contributed by atoms with Gasteiger partial charge in [0.2, 0.25) is 0 Å². The van der Waals surface area contributed by atoms with Gasteiger partial charge in [-0.25, -0.2) is 4.98 Å². The minimum atomic E-state index is -0.565. The summed E-state index contributed by atoms with van der Waals surface area (Å²) in [6.45, 7) is 17.4. The molecule has 50 heavy (non-hydrogen) atoms. The Morgan fingerprint density at radius 1 is 0.880 bits per heavy atom. The number of pyridine rings is 1. The number of hydrogen-bond donors (Lipinski definition) is 0. The largest absolute Gasteiger partial charge is 2.00 e. The van der Waals surface area contributed by atoms with Gasteiger partial charge in [0.25, 0.3) is 0 Å². The summed E-state index contributed by atoms with van der Waals surface area (Å²) in [5.74, 6) is 1.88. The van der Waals surface area contributed by atoms with Crippen molar-refractivity contribution in [2.75, 3.05) is 0 Å². The van der Waals surface area contributed by atoms with Crippen LogP contribution in [0.3, 0.4) is 0 Å². The van der Waals surface area contributed by atoms with Gasteiger partial charge in [-0.1, -0.05) is 94.8 Å². The van der Waals surface area contributed by atoms with Crippen LogP contribution in [0.5, 0.6) is 11.5 Å². The van der Waals surface area contributed by atoms with E-state index in [1.165, 1.54) is 22.1 Å². The van der Waals surface area contributed by atoms with Gasteiger partial charge >= 0.3 is 21.1 Å². The molecular formula is C44H43N3O2Pt. The quantitative estimate of drug-likeness (QED) is 0.166. The standard InChI is InChI=1S/C44H43N3O2.Pt/c1-27-21-32(47-38-18-17-31(42(4,5)6)24-36(38)34-15-12-20-45-40(34)47)25-33(22-27)48-39-26-35(28(2)23-29(39)3)41-46-43(7)19-11-14-30-13-9-10-16-37(30)44(43,8)49-41;/h9-10,12-13,15-18,20-24H,11,14,19H2,1-8H3;/q-2;+2/t43-,44+;/m1./s1. The molecule has 2 aromatic heterocycles. The first-order valence-corrected chi connectivity index (χ1v) is 17.4. The molecule has 1 aliphatic heterocycles. The normalized spacial score (nSPS) is 20.0. The molecule has 0 fully saturated rings. The summed E-state index contributed by atoms with van der Waals surface area (Å²) in [7, 11) is 0. The Hall–Kier alpha value is -4.21. The molecule has 0 saturated heterocycles. The van der Waals surface area contributed by atoms with Crippen molar-refractivity contribution in [1.82, 2.24) is 9.55 Å². The van der Waals surface area contributed by atoms with Crippen LogP contribution in [0.2, 0.25) is 0 Å². The third-order valence-electron chi connectivity index (χ3n) is 10.8. The first-order valence-electron chi connectivity index (χ1n) is 17.4. The van der Waals surface area contributed by atoms with E-state index < -0.39 is 5.60 Å². The molecule has 4 aromatic carbocycles. The number of fused-ring (bicyclic) bond motifs is 6. The van der Waals surface area contributed by atoms with Crippen LogP contribution in [0.25, 0.3) is 27.6 Å². The third-order valence-corrected chi connectivity index (χ3v) is 10.8. The Kier molecular flexibility index (Phi) is 8.38. The van der Waals surface area contributed by atoms with Gasteiger partial charge in [0, 0.05) is 28.5 Å². The second-order valence-electron chi connectivity index (χ2n) is 15.4. The van der Waals surface area contributed by atoms with Gasteiger partial charge in [0.1, 0.15) is 17.1 Å². The van der Waals surface area contributed by atoms with Crippen molar-refractivity contribution in [1.29, 1.82) is 0 Å². The molecule has 2 aliphatic rings. The van der Waals surface area contributed by atoms with E-state index in [-0.39, 0.29) is 32.0 Å². The van der Waals surface area contributed by atoms with Crippen LogP contribution in [0, 0.1) is 32.9 Å². The van der Waals surface area contributed by atoms with E-state index >= 15 is 0 Å². The summed E-state index contributed by atoms with van der Waals surface area (Å²) in [5.41, 5.74) is 9.76. The predicted octanol–water partition coefficient (Wildman–Crippen LogP) is 10.6. The van der Waals surface area contributed by atoms with E-state index in [9.17, 15) is 0 Å². The van der Waals surface area contributed by atoms with E-state index in [2.05, 4.69) is 133 Å². The first kappa shape index (κ1) is 34.2. The molecule has 0 radical (unpaired) electrons. The van der Waals surface area contributed by atoms with Crippen molar-refractivity contribution < 1.29 is 30.5 Å². The Morgan fingerprint density at radius 3 is 2.48 bits per heavy atom. The second-order valence-corrected chi connectivity index (χ2v) is 15.4. The Bertz CT molecular complexity index is 2330. The van der Waals surface area contributed by atoms with Gasteiger partial charge in [-0.2, -0.15) is 5.56 Å². The molecule has 0 amide bonds. The fraction of sp³-hybridized carbons (Fsp3) is 0.318. The molecule has 256 valence electrons. The molecule has 0 unspecified atom stereocenters.